The minimum atomic E-state index is 0.122. The van der Waals surface area contributed by atoms with Crippen LogP contribution in [0.5, 0.6) is 0 Å². The minimum Gasteiger partial charge on any atom is -0.365 e. The summed E-state index contributed by atoms with van der Waals surface area (Å²) >= 11 is 0. The monoisotopic (exact) mass is 374 g/mol. The van der Waals surface area contributed by atoms with Crippen LogP contribution >= 0.6 is 0 Å². The SMILES string of the molecule is Cc1cccc(C(=O)N2CCN(c3c(C)nn(-c4ccccc4)c3C)CC2)c1. The van der Waals surface area contributed by atoms with Gasteiger partial charge < -0.3 is 9.80 Å². The molecule has 1 saturated heterocycles. The number of carbonyl (C=O) groups is 1. The lowest BCUT2D eigenvalue weighted by atomic mass is 10.1. The molecule has 2 aromatic carbocycles. The summed E-state index contributed by atoms with van der Waals surface area (Å²) in [4.78, 5) is 17.1. The maximum Gasteiger partial charge on any atom is 0.253 e. The summed E-state index contributed by atoms with van der Waals surface area (Å²) in [7, 11) is 0. The highest BCUT2D eigenvalue weighted by Gasteiger charge is 2.26. The van der Waals surface area contributed by atoms with Gasteiger partial charge in [-0.05, 0) is 45.0 Å². The molecule has 0 bridgehead atoms. The van der Waals surface area contributed by atoms with Crippen molar-refractivity contribution >= 4 is 11.6 Å². The third-order valence-corrected chi connectivity index (χ3v) is 5.40. The molecule has 1 aliphatic heterocycles. The van der Waals surface area contributed by atoms with Crippen LogP contribution in [0, 0.1) is 20.8 Å². The number of hydrogen-bond acceptors (Lipinski definition) is 3. The van der Waals surface area contributed by atoms with Crippen molar-refractivity contribution in [2.75, 3.05) is 31.1 Å². The van der Waals surface area contributed by atoms with E-state index in [1.165, 1.54) is 5.69 Å². The number of aromatic nitrogens is 2. The normalized spacial score (nSPS) is 14.4. The van der Waals surface area contributed by atoms with E-state index in [9.17, 15) is 4.79 Å². The average Bonchev–Trinajstić information content (AvgIpc) is 3.02. The van der Waals surface area contributed by atoms with Gasteiger partial charge in [0.25, 0.3) is 5.91 Å². The third kappa shape index (κ3) is 3.40. The molecule has 1 amide bonds. The van der Waals surface area contributed by atoms with Crippen molar-refractivity contribution in [2.45, 2.75) is 20.8 Å². The largest absolute Gasteiger partial charge is 0.365 e. The quantitative estimate of drug-likeness (QED) is 0.701. The summed E-state index contributed by atoms with van der Waals surface area (Å²) in [6, 6.07) is 18.0. The number of carbonyl (C=O) groups excluding carboxylic acids is 1. The Morgan fingerprint density at radius 2 is 1.61 bits per heavy atom. The van der Waals surface area contributed by atoms with Crippen LogP contribution in [0.15, 0.2) is 54.6 Å². The molecule has 5 heteroatoms. The molecular weight excluding hydrogens is 348 g/mol. The summed E-state index contributed by atoms with van der Waals surface area (Å²) in [6.07, 6.45) is 0. The third-order valence-electron chi connectivity index (χ3n) is 5.40. The minimum absolute atomic E-state index is 0.122. The second-order valence-electron chi connectivity index (χ2n) is 7.42. The van der Waals surface area contributed by atoms with E-state index in [-0.39, 0.29) is 5.91 Å². The van der Waals surface area contributed by atoms with Crippen molar-refractivity contribution in [3.05, 3.63) is 77.1 Å². The first-order valence-corrected chi connectivity index (χ1v) is 9.77. The second-order valence-corrected chi connectivity index (χ2v) is 7.42. The Hall–Kier alpha value is -3.08. The lowest BCUT2D eigenvalue weighted by molar-refractivity contribution is 0.0746. The molecular formula is C23H26N4O. The fraction of sp³-hybridized carbons (Fsp3) is 0.304. The van der Waals surface area contributed by atoms with Crippen LogP contribution in [0.25, 0.3) is 5.69 Å². The molecule has 1 aromatic heterocycles. The first-order valence-electron chi connectivity index (χ1n) is 9.77. The van der Waals surface area contributed by atoms with Crippen LogP contribution in [0.2, 0.25) is 0 Å². The van der Waals surface area contributed by atoms with Crippen molar-refractivity contribution in [1.82, 2.24) is 14.7 Å². The lowest BCUT2D eigenvalue weighted by Gasteiger charge is -2.36. The molecule has 1 aliphatic rings. The van der Waals surface area contributed by atoms with Gasteiger partial charge in [-0.2, -0.15) is 5.10 Å². The summed E-state index contributed by atoms with van der Waals surface area (Å²) in [5.74, 6) is 0.122. The highest BCUT2D eigenvalue weighted by Crippen LogP contribution is 2.28. The molecule has 2 heterocycles. The number of rotatable bonds is 3. The van der Waals surface area contributed by atoms with Gasteiger partial charge in [0, 0.05) is 31.7 Å². The summed E-state index contributed by atoms with van der Waals surface area (Å²) in [5, 5.41) is 4.76. The van der Waals surface area contributed by atoms with E-state index in [4.69, 9.17) is 5.10 Å². The van der Waals surface area contributed by atoms with E-state index in [2.05, 4.69) is 30.9 Å². The molecule has 3 aromatic rings. The predicted molar refractivity (Wildman–Crippen MR) is 112 cm³/mol. The molecule has 28 heavy (non-hydrogen) atoms. The van der Waals surface area contributed by atoms with E-state index in [1.807, 2.05) is 59.0 Å². The molecule has 0 aliphatic carbocycles. The summed E-state index contributed by atoms with van der Waals surface area (Å²) in [5.41, 5.74) is 6.32. The number of nitrogens with zero attached hydrogens (tertiary/aromatic N) is 4. The zero-order valence-electron chi connectivity index (χ0n) is 16.7. The van der Waals surface area contributed by atoms with Crippen LogP contribution in [-0.2, 0) is 0 Å². The molecule has 0 saturated carbocycles. The van der Waals surface area contributed by atoms with Gasteiger partial charge in [0.15, 0.2) is 0 Å². The number of para-hydroxylation sites is 1. The van der Waals surface area contributed by atoms with Crippen molar-refractivity contribution in [2.24, 2.45) is 0 Å². The Kier molecular flexibility index (Phi) is 4.90. The first-order chi connectivity index (χ1) is 13.5. The molecule has 1 fully saturated rings. The molecule has 0 atom stereocenters. The fourth-order valence-corrected chi connectivity index (χ4v) is 4.01. The highest BCUT2D eigenvalue weighted by atomic mass is 16.2. The van der Waals surface area contributed by atoms with Gasteiger partial charge in [-0.25, -0.2) is 4.68 Å². The molecule has 144 valence electrons. The molecule has 4 rings (SSSR count). The van der Waals surface area contributed by atoms with E-state index in [0.717, 1.165) is 54.4 Å². The van der Waals surface area contributed by atoms with Gasteiger partial charge in [-0.15, -0.1) is 0 Å². The molecule has 0 spiro atoms. The van der Waals surface area contributed by atoms with Gasteiger partial charge in [0.1, 0.15) is 0 Å². The van der Waals surface area contributed by atoms with E-state index in [0.29, 0.717) is 0 Å². The second kappa shape index (κ2) is 7.50. The van der Waals surface area contributed by atoms with E-state index >= 15 is 0 Å². The van der Waals surface area contributed by atoms with Crippen LogP contribution in [-0.4, -0.2) is 46.8 Å². The fourth-order valence-electron chi connectivity index (χ4n) is 4.01. The summed E-state index contributed by atoms with van der Waals surface area (Å²) in [6.45, 7) is 9.28. The Morgan fingerprint density at radius 1 is 0.893 bits per heavy atom. The molecule has 0 radical (unpaired) electrons. The zero-order chi connectivity index (χ0) is 19.7. The number of piperazine rings is 1. The Balaban J connectivity index is 1.50. The van der Waals surface area contributed by atoms with Crippen molar-refractivity contribution in [3.63, 3.8) is 0 Å². The Labute approximate surface area is 166 Å². The summed E-state index contributed by atoms with van der Waals surface area (Å²) < 4.78 is 2.01. The van der Waals surface area contributed by atoms with Gasteiger partial charge in [0.2, 0.25) is 0 Å². The van der Waals surface area contributed by atoms with E-state index in [1.54, 1.807) is 0 Å². The number of anilines is 1. The maximum absolute atomic E-state index is 12.8. The Bertz CT molecular complexity index is 985. The van der Waals surface area contributed by atoms with Crippen molar-refractivity contribution in [3.8, 4) is 5.69 Å². The van der Waals surface area contributed by atoms with Crippen LogP contribution in [0.3, 0.4) is 0 Å². The number of benzene rings is 2. The van der Waals surface area contributed by atoms with E-state index < -0.39 is 0 Å². The van der Waals surface area contributed by atoms with Gasteiger partial charge in [0.05, 0.1) is 22.8 Å². The van der Waals surface area contributed by atoms with Crippen LogP contribution in [0.1, 0.15) is 27.3 Å². The molecule has 0 N–H and O–H groups in total. The van der Waals surface area contributed by atoms with Gasteiger partial charge in [-0.3, -0.25) is 4.79 Å². The number of hydrogen-bond donors (Lipinski definition) is 0. The highest BCUT2D eigenvalue weighted by molar-refractivity contribution is 5.94. The Morgan fingerprint density at radius 3 is 2.29 bits per heavy atom. The zero-order valence-corrected chi connectivity index (χ0v) is 16.7. The molecule has 0 unspecified atom stereocenters. The van der Waals surface area contributed by atoms with Crippen molar-refractivity contribution in [1.29, 1.82) is 0 Å². The van der Waals surface area contributed by atoms with Crippen LogP contribution < -0.4 is 4.90 Å². The average molecular weight is 374 g/mol. The van der Waals surface area contributed by atoms with Gasteiger partial charge >= 0.3 is 0 Å². The van der Waals surface area contributed by atoms with Gasteiger partial charge in [-0.1, -0.05) is 35.9 Å². The predicted octanol–water partition coefficient (Wildman–Crippen LogP) is 3.76. The smallest absolute Gasteiger partial charge is 0.253 e. The first kappa shape index (κ1) is 18.3. The standard InChI is InChI=1S/C23H26N4O/c1-17-8-7-9-20(16-17)23(28)26-14-12-25(13-15-26)22-18(2)24-27(19(22)3)21-10-5-4-6-11-21/h4-11,16H,12-15H2,1-3H3. The maximum atomic E-state index is 12.8. The number of aryl methyl sites for hydroxylation is 2. The topological polar surface area (TPSA) is 41.4 Å². The van der Waals surface area contributed by atoms with Crippen molar-refractivity contribution < 1.29 is 4.79 Å². The number of amides is 1. The lowest BCUT2D eigenvalue weighted by Crippen LogP contribution is -2.49. The van der Waals surface area contributed by atoms with Crippen LogP contribution in [0.4, 0.5) is 5.69 Å². The molecule has 5 nitrogen and oxygen atoms in total.